The molecule has 0 aliphatic heterocycles. The number of benzene rings is 2. The first-order valence-corrected chi connectivity index (χ1v) is 9.59. The van der Waals surface area contributed by atoms with E-state index in [-0.39, 0.29) is 17.8 Å². The fourth-order valence-corrected chi connectivity index (χ4v) is 3.72. The number of nitrogens with zero attached hydrogens (tertiary/aromatic N) is 4. The van der Waals surface area contributed by atoms with Gasteiger partial charge in [0.2, 0.25) is 5.82 Å². The Hall–Kier alpha value is -2.95. The van der Waals surface area contributed by atoms with Crippen LogP contribution in [0.1, 0.15) is 42.7 Å². The summed E-state index contributed by atoms with van der Waals surface area (Å²) in [4.78, 5) is 19.5. The van der Waals surface area contributed by atoms with Crippen LogP contribution in [0, 0.1) is 0 Å². The number of carbonyl (C=O) groups is 1. The minimum absolute atomic E-state index is 0.103. The molecule has 1 amide bonds. The first kappa shape index (κ1) is 17.5. The molecule has 1 fully saturated rings. The van der Waals surface area contributed by atoms with Gasteiger partial charge >= 0.3 is 0 Å². The van der Waals surface area contributed by atoms with Gasteiger partial charge in [-0.1, -0.05) is 67.8 Å². The molecule has 1 saturated carbocycles. The minimum Gasteiger partial charge on any atom is -0.336 e. The molecule has 1 aliphatic carbocycles. The van der Waals surface area contributed by atoms with Crippen LogP contribution in [0.5, 0.6) is 0 Å². The molecule has 0 atom stereocenters. The lowest BCUT2D eigenvalue weighted by Crippen LogP contribution is -2.38. The van der Waals surface area contributed by atoms with Crippen LogP contribution >= 0.6 is 0 Å². The van der Waals surface area contributed by atoms with E-state index in [0.717, 1.165) is 24.1 Å². The summed E-state index contributed by atoms with van der Waals surface area (Å²) >= 11 is 0. The number of hydrogen-bond acceptors (Lipinski definition) is 3. The zero-order valence-electron chi connectivity index (χ0n) is 15.6. The Morgan fingerprint density at radius 2 is 1.59 bits per heavy atom. The summed E-state index contributed by atoms with van der Waals surface area (Å²) in [6, 6.07) is 20.0. The third kappa shape index (κ3) is 3.63. The number of hydrogen-bond donors (Lipinski definition) is 0. The fraction of sp³-hybridized carbons (Fsp3) is 0.318. The predicted molar refractivity (Wildman–Crippen MR) is 106 cm³/mol. The molecule has 27 heavy (non-hydrogen) atoms. The van der Waals surface area contributed by atoms with Crippen molar-refractivity contribution >= 4 is 5.91 Å². The van der Waals surface area contributed by atoms with Crippen molar-refractivity contribution in [2.45, 2.75) is 38.1 Å². The number of para-hydroxylation sites is 1. The zero-order valence-corrected chi connectivity index (χ0v) is 15.6. The van der Waals surface area contributed by atoms with Gasteiger partial charge in [0.05, 0.1) is 5.69 Å². The smallest absolute Gasteiger partial charge is 0.293 e. The van der Waals surface area contributed by atoms with E-state index in [9.17, 15) is 4.79 Å². The molecular formula is C22H24N4O. The van der Waals surface area contributed by atoms with Crippen molar-refractivity contribution in [2.75, 3.05) is 7.05 Å². The maximum Gasteiger partial charge on any atom is 0.293 e. The molecule has 0 saturated heterocycles. The summed E-state index contributed by atoms with van der Waals surface area (Å²) in [5, 5.41) is 4.59. The highest BCUT2D eigenvalue weighted by atomic mass is 16.2. The van der Waals surface area contributed by atoms with Crippen LogP contribution in [0.3, 0.4) is 0 Å². The highest BCUT2D eigenvalue weighted by Crippen LogP contribution is 2.24. The molecule has 1 aliphatic rings. The van der Waals surface area contributed by atoms with Gasteiger partial charge in [-0.3, -0.25) is 4.79 Å². The van der Waals surface area contributed by atoms with Crippen molar-refractivity contribution in [3.05, 3.63) is 66.5 Å². The zero-order chi connectivity index (χ0) is 18.6. The first-order valence-electron chi connectivity index (χ1n) is 9.59. The predicted octanol–water partition coefficient (Wildman–Crippen LogP) is 4.34. The Balaban J connectivity index is 1.72. The average Bonchev–Trinajstić information content (AvgIpc) is 3.20. The fourth-order valence-electron chi connectivity index (χ4n) is 3.72. The van der Waals surface area contributed by atoms with Crippen LogP contribution < -0.4 is 0 Å². The van der Waals surface area contributed by atoms with E-state index in [2.05, 4.69) is 10.1 Å². The van der Waals surface area contributed by atoms with E-state index in [1.807, 2.05) is 72.6 Å². The van der Waals surface area contributed by atoms with Crippen LogP contribution in [-0.4, -0.2) is 38.7 Å². The first-order chi connectivity index (χ1) is 13.2. The van der Waals surface area contributed by atoms with Crippen molar-refractivity contribution in [1.82, 2.24) is 19.7 Å². The van der Waals surface area contributed by atoms with E-state index in [1.54, 1.807) is 4.68 Å². The molecule has 2 aromatic carbocycles. The molecule has 0 unspecified atom stereocenters. The number of aromatic nitrogens is 3. The molecule has 0 radical (unpaired) electrons. The van der Waals surface area contributed by atoms with Gasteiger partial charge in [0, 0.05) is 18.7 Å². The monoisotopic (exact) mass is 360 g/mol. The van der Waals surface area contributed by atoms with Gasteiger partial charge in [-0.15, -0.1) is 5.10 Å². The van der Waals surface area contributed by atoms with Gasteiger partial charge in [0.15, 0.2) is 5.82 Å². The maximum atomic E-state index is 13.1. The van der Waals surface area contributed by atoms with Crippen molar-refractivity contribution in [3.8, 4) is 17.1 Å². The van der Waals surface area contributed by atoms with Gasteiger partial charge in [-0.05, 0) is 25.0 Å². The summed E-state index contributed by atoms with van der Waals surface area (Å²) in [6.45, 7) is 0. The van der Waals surface area contributed by atoms with E-state index in [4.69, 9.17) is 0 Å². The van der Waals surface area contributed by atoms with Crippen LogP contribution in [0.25, 0.3) is 17.1 Å². The second-order valence-electron chi connectivity index (χ2n) is 7.08. The molecule has 3 aromatic rings. The summed E-state index contributed by atoms with van der Waals surface area (Å²) in [7, 11) is 1.88. The molecule has 0 N–H and O–H groups in total. The molecular weight excluding hydrogens is 336 g/mol. The van der Waals surface area contributed by atoms with Crippen LogP contribution in [0.2, 0.25) is 0 Å². The topological polar surface area (TPSA) is 51.0 Å². The van der Waals surface area contributed by atoms with Gasteiger partial charge in [-0.25, -0.2) is 9.67 Å². The van der Waals surface area contributed by atoms with Gasteiger partial charge in [0.25, 0.3) is 5.91 Å². The van der Waals surface area contributed by atoms with Crippen LogP contribution in [0.4, 0.5) is 0 Å². The van der Waals surface area contributed by atoms with E-state index < -0.39 is 0 Å². The lowest BCUT2D eigenvalue weighted by atomic mass is 9.94. The summed E-state index contributed by atoms with van der Waals surface area (Å²) < 4.78 is 1.76. The average molecular weight is 360 g/mol. The lowest BCUT2D eigenvalue weighted by Gasteiger charge is -2.30. The van der Waals surface area contributed by atoms with E-state index in [0.29, 0.717) is 5.82 Å². The Morgan fingerprint density at radius 1 is 0.963 bits per heavy atom. The van der Waals surface area contributed by atoms with Crippen molar-refractivity contribution in [3.63, 3.8) is 0 Å². The van der Waals surface area contributed by atoms with Crippen LogP contribution in [0.15, 0.2) is 60.7 Å². The van der Waals surface area contributed by atoms with Gasteiger partial charge in [-0.2, -0.15) is 0 Å². The largest absolute Gasteiger partial charge is 0.336 e. The number of amides is 1. The SMILES string of the molecule is CN(C(=O)c1nc(-c2ccccc2)n(-c2ccccc2)n1)C1CCCCC1. The van der Waals surface area contributed by atoms with Gasteiger partial charge < -0.3 is 4.90 Å². The normalized spacial score (nSPS) is 14.9. The molecule has 0 bridgehead atoms. The molecule has 5 nitrogen and oxygen atoms in total. The van der Waals surface area contributed by atoms with Gasteiger partial charge in [0.1, 0.15) is 0 Å². The number of rotatable bonds is 4. The Morgan fingerprint density at radius 3 is 2.26 bits per heavy atom. The van der Waals surface area contributed by atoms with Crippen molar-refractivity contribution in [1.29, 1.82) is 0 Å². The molecule has 1 aromatic heterocycles. The number of carbonyl (C=O) groups excluding carboxylic acids is 1. The Bertz CT molecular complexity index is 842. The molecule has 0 spiro atoms. The third-order valence-electron chi connectivity index (χ3n) is 5.27. The Labute approximate surface area is 159 Å². The summed E-state index contributed by atoms with van der Waals surface area (Å²) in [5.41, 5.74) is 1.83. The molecule has 4 rings (SSSR count). The van der Waals surface area contributed by atoms with E-state index >= 15 is 0 Å². The van der Waals surface area contributed by atoms with Crippen molar-refractivity contribution in [2.24, 2.45) is 0 Å². The lowest BCUT2D eigenvalue weighted by molar-refractivity contribution is 0.0684. The van der Waals surface area contributed by atoms with Crippen LogP contribution in [-0.2, 0) is 0 Å². The quantitative estimate of drug-likeness (QED) is 0.695. The second kappa shape index (κ2) is 7.74. The summed E-state index contributed by atoms with van der Waals surface area (Å²) in [6.07, 6.45) is 5.75. The highest BCUT2D eigenvalue weighted by Gasteiger charge is 2.27. The summed E-state index contributed by atoms with van der Waals surface area (Å²) in [5.74, 6) is 0.835. The standard InChI is InChI=1S/C22H24N4O/c1-25(18-13-7-3-8-14-18)22(27)20-23-21(17-11-5-2-6-12-17)26(24-20)19-15-9-4-10-16-19/h2,4-6,9-12,15-16,18H,3,7-8,13-14H2,1H3. The second-order valence-corrected chi connectivity index (χ2v) is 7.08. The third-order valence-corrected chi connectivity index (χ3v) is 5.27. The Kier molecular flexibility index (Phi) is 5.01. The van der Waals surface area contributed by atoms with Crippen molar-refractivity contribution < 1.29 is 4.79 Å². The maximum absolute atomic E-state index is 13.1. The molecule has 1 heterocycles. The molecule has 138 valence electrons. The highest BCUT2D eigenvalue weighted by molar-refractivity contribution is 5.91. The van der Waals surface area contributed by atoms with E-state index in [1.165, 1.54) is 19.3 Å². The minimum atomic E-state index is -0.103. The molecule has 5 heteroatoms.